The summed E-state index contributed by atoms with van der Waals surface area (Å²) >= 11 is 0. The molecule has 0 heterocycles. The summed E-state index contributed by atoms with van der Waals surface area (Å²) in [5, 5.41) is 5.17. The van der Waals surface area contributed by atoms with Gasteiger partial charge in [0.1, 0.15) is 0 Å². The van der Waals surface area contributed by atoms with Crippen LogP contribution in [0.5, 0.6) is 0 Å². The number of fused-ring (bicyclic) bond motifs is 6. The fourth-order valence-electron chi connectivity index (χ4n) is 7.85. The second-order valence-corrected chi connectivity index (χ2v) is 13.4. The Morgan fingerprint density at radius 1 is 0.375 bits per heavy atom. The first-order valence-corrected chi connectivity index (χ1v) is 16.8. The largest absolute Gasteiger partial charge is 0.310 e. The fraction of sp³-hybridized carbons (Fsp3) is 0.0638. The van der Waals surface area contributed by atoms with Crippen LogP contribution in [0.15, 0.2) is 176 Å². The molecule has 9 rings (SSSR count). The van der Waals surface area contributed by atoms with Crippen LogP contribution in [-0.2, 0) is 5.41 Å². The van der Waals surface area contributed by atoms with E-state index in [1.165, 1.54) is 66.1 Å². The van der Waals surface area contributed by atoms with Crippen molar-refractivity contribution >= 4 is 38.6 Å². The summed E-state index contributed by atoms with van der Waals surface area (Å²) in [6.07, 6.45) is 0. The molecule has 8 aromatic rings. The molecule has 0 amide bonds. The maximum absolute atomic E-state index is 2.48. The summed E-state index contributed by atoms with van der Waals surface area (Å²) in [4.78, 5) is 2.38. The second-order valence-electron chi connectivity index (χ2n) is 13.4. The van der Waals surface area contributed by atoms with Gasteiger partial charge in [-0.1, -0.05) is 147 Å². The Balaban J connectivity index is 1.21. The predicted octanol–water partition coefficient (Wildman–Crippen LogP) is 13.1. The molecule has 1 nitrogen and oxygen atoms in total. The molecule has 0 aromatic heterocycles. The van der Waals surface area contributed by atoms with Gasteiger partial charge in [0.2, 0.25) is 0 Å². The van der Waals surface area contributed by atoms with Crippen LogP contribution in [0.3, 0.4) is 0 Å². The van der Waals surface area contributed by atoms with Crippen LogP contribution in [0.4, 0.5) is 17.1 Å². The van der Waals surface area contributed by atoms with Crippen LogP contribution in [-0.4, -0.2) is 0 Å². The molecule has 0 radical (unpaired) electrons. The standard InChI is InChI=1S/C47H35N/c1-47(2)44-30-37(48(35-18-7-4-8-19-35)36-26-24-33(25-27-36)32-14-5-3-6-15-32)28-29-42(44)46-41-22-12-11-21-40(41)43(31-45(46)47)39-23-13-17-34-16-9-10-20-38(34)39/h3-31H,1-2H3. The average Bonchev–Trinajstić information content (AvgIpc) is 3.38. The van der Waals surface area contributed by atoms with Crippen LogP contribution < -0.4 is 4.90 Å². The molecular formula is C47H35N. The number of nitrogens with zero attached hydrogens (tertiary/aromatic N) is 1. The SMILES string of the molecule is CC1(C)c2cc(N(c3ccccc3)c3ccc(-c4ccccc4)cc3)ccc2-c2c1cc(-c1cccc3ccccc13)c1ccccc21. The molecule has 0 saturated heterocycles. The molecule has 0 atom stereocenters. The van der Waals surface area contributed by atoms with E-state index in [9.17, 15) is 0 Å². The molecular weight excluding hydrogens is 579 g/mol. The van der Waals surface area contributed by atoms with Crippen molar-refractivity contribution in [3.05, 3.63) is 187 Å². The molecule has 0 fully saturated rings. The minimum atomic E-state index is -0.191. The lowest BCUT2D eigenvalue weighted by Gasteiger charge is -2.28. The molecule has 0 N–H and O–H groups in total. The molecule has 0 unspecified atom stereocenters. The Labute approximate surface area is 282 Å². The fourth-order valence-corrected chi connectivity index (χ4v) is 7.85. The lowest BCUT2D eigenvalue weighted by Crippen LogP contribution is -2.16. The van der Waals surface area contributed by atoms with E-state index < -0.39 is 0 Å². The lowest BCUT2D eigenvalue weighted by atomic mass is 9.80. The molecule has 0 spiro atoms. The zero-order valence-corrected chi connectivity index (χ0v) is 27.2. The van der Waals surface area contributed by atoms with E-state index in [2.05, 4.69) is 195 Å². The van der Waals surface area contributed by atoms with Gasteiger partial charge in [0.15, 0.2) is 0 Å². The second kappa shape index (κ2) is 11.1. The van der Waals surface area contributed by atoms with Crippen molar-refractivity contribution in [2.24, 2.45) is 0 Å². The highest BCUT2D eigenvalue weighted by Crippen LogP contribution is 2.55. The zero-order chi connectivity index (χ0) is 32.2. The number of anilines is 3. The first kappa shape index (κ1) is 28.3. The van der Waals surface area contributed by atoms with E-state index in [-0.39, 0.29) is 5.41 Å². The lowest BCUT2D eigenvalue weighted by molar-refractivity contribution is 0.661. The Bertz CT molecular complexity index is 2450. The third kappa shape index (κ3) is 4.47. The molecule has 1 aliphatic carbocycles. The minimum Gasteiger partial charge on any atom is -0.310 e. The number of hydrogen-bond donors (Lipinski definition) is 0. The highest BCUT2D eigenvalue weighted by atomic mass is 15.1. The third-order valence-corrected chi connectivity index (χ3v) is 10.2. The van der Waals surface area contributed by atoms with Crippen LogP contribution in [0, 0.1) is 0 Å². The number of hydrogen-bond acceptors (Lipinski definition) is 1. The number of benzene rings is 8. The smallest absolute Gasteiger partial charge is 0.0465 e. The van der Waals surface area contributed by atoms with Crippen molar-refractivity contribution in [1.82, 2.24) is 0 Å². The molecule has 0 saturated carbocycles. The van der Waals surface area contributed by atoms with Gasteiger partial charge < -0.3 is 4.90 Å². The first-order valence-electron chi connectivity index (χ1n) is 16.8. The van der Waals surface area contributed by atoms with Gasteiger partial charge in [-0.15, -0.1) is 0 Å². The Morgan fingerprint density at radius 3 is 1.73 bits per heavy atom. The molecule has 48 heavy (non-hydrogen) atoms. The zero-order valence-electron chi connectivity index (χ0n) is 27.2. The van der Waals surface area contributed by atoms with Gasteiger partial charge in [0.25, 0.3) is 0 Å². The van der Waals surface area contributed by atoms with Gasteiger partial charge in [0, 0.05) is 22.5 Å². The van der Waals surface area contributed by atoms with E-state index in [0.717, 1.165) is 17.1 Å². The van der Waals surface area contributed by atoms with Crippen LogP contribution in [0.25, 0.3) is 54.9 Å². The molecule has 228 valence electrons. The third-order valence-electron chi connectivity index (χ3n) is 10.2. The summed E-state index contributed by atoms with van der Waals surface area (Å²) in [5.41, 5.74) is 13.7. The Kier molecular flexibility index (Phi) is 6.55. The first-order chi connectivity index (χ1) is 23.6. The summed E-state index contributed by atoms with van der Waals surface area (Å²) in [5.74, 6) is 0. The van der Waals surface area contributed by atoms with Crippen LogP contribution in [0.2, 0.25) is 0 Å². The molecule has 0 bridgehead atoms. The van der Waals surface area contributed by atoms with Crippen molar-refractivity contribution in [2.75, 3.05) is 4.90 Å². The van der Waals surface area contributed by atoms with E-state index >= 15 is 0 Å². The van der Waals surface area contributed by atoms with Crippen molar-refractivity contribution in [2.45, 2.75) is 19.3 Å². The summed E-state index contributed by atoms with van der Waals surface area (Å²) < 4.78 is 0. The van der Waals surface area contributed by atoms with Crippen LogP contribution >= 0.6 is 0 Å². The maximum atomic E-state index is 2.48. The predicted molar refractivity (Wildman–Crippen MR) is 205 cm³/mol. The summed E-state index contributed by atoms with van der Waals surface area (Å²) in [6, 6.07) is 64.2. The van der Waals surface area contributed by atoms with E-state index in [1.54, 1.807) is 0 Å². The highest BCUT2D eigenvalue weighted by molar-refractivity contribution is 6.12. The Hall–Kier alpha value is -5.92. The van der Waals surface area contributed by atoms with Gasteiger partial charge in [-0.25, -0.2) is 0 Å². The number of para-hydroxylation sites is 1. The maximum Gasteiger partial charge on any atom is 0.0465 e. The van der Waals surface area contributed by atoms with Gasteiger partial charge >= 0.3 is 0 Å². The average molecular weight is 614 g/mol. The van der Waals surface area contributed by atoms with Gasteiger partial charge in [0.05, 0.1) is 0 Å². The van der Waals surface area contributed by atoms with Crippen molar-refractivity contribution in [3.8, 4) is 33.4 Å². The molecule has 0 aliphatic heterocycles. The minimum absolute atomic E-state index is 0.191. The van der Waals surface area contributed by atoms with Crippen molar-refractivity contribution in [3.63, 3.8) is 0 Å². The van der Waals surface area contributed by atoms with Crippen LogP contribution in [0.1, 0.15) is 25.0 Å². The van der Waals surface area contributed by atoms with E-state index in [1.807, 2.05) is 0 Å². The number of rotatable bonds is 5. The van der Waals surface area contributed by atoms with Gasteiger partial charge in [-0.05, 0) is 109 Å². The Morgan fingerprint density at radius 2 is 0.958 bits per heavy atom. The molecule has 8 aromatic carbocycles. The monoisotopic (exact) mass is 613 g/mol. The molecule has 1 aliphatic rings. The van der Waals surface area contributed by atoms with E-state index in [4.69, 9.17) is 0 Å². The van der Waals surface area contributed by atoms with Gasteiger partial charge in [-0.3, -0.25) is 0 Å². The summed E-state index contributed by atoms with van der Waals surface area (Å²) in [6.45, 7) is 4.79. The summed E-state index contributed by atoms with van der Waals surface area (Å²) in [7, 11) is 0. The van der Waals surface area contributed by atoms with Crippen molar-refractivity contribution < 1.29 is 0 Å². The topological polar surface area (TPSA) is 3.24 Å². The quantitative estimate of drug-likeness (QED) is 0.187. The normalized spacial score (nSPS) is 13.0. The molecule has 1 heteroatoms. The highest BCUT2D eigenvalue weighted by Gasteiger charge is 2.38. The van der Waals surface area contributed by atoms with E-state index in [0.29, 0.717) is 0 Å². The van der Waals surface area contributed by atoms with Gasteiger partial charge in [-0.2, -0.15) is 0 Å². The van der Waals surface area contributed by atoms with Crippen molar-refractivity contribution in [1.29, 1.82) is 0 Å².